The lowest BCUT2D eigenvalue weighted by molar-refractivity contribution is 0.408. The number of hydrogen-bond acceptors (Lipinski definition) is 3. The third-order valence-corrected chi connectivity index (χ3v) is 3.82. The van der Waals surface area contributed by atoms with E-state index in [4.69, 9.17) is 4.74 Å². The van der Waals surface area contributed by atoms with Crippen molar-refractivity contribution in [2.75, 3.05) is 7.11 Å². The van der Waals surface area contributed by atoms with Crippen molar-refractivity contribution in [1.82, 2.24) is 5.43 Å². The quantitative estimate of drug-likeness (QED) is 0.665. The summed E-state index contributed by atoms with van der Waals surface area (Å²) in [4.78, 5) is 0. The highest BCUT2D eigenvalue weighted by molar-refractivity contribution is 9.10. The molecule has 0 bridgehead atoms. The van der Waals surface area contributed by atoms with Crippen molar-refractivity contribution in [2.45, 2.75) is 13.5 Å². The summed E-state index contributed by atoms with van der Waals surface area (Å²) in [6, 6.07) is 14.0. The zero-order valence-corrected chi connectivity index (χ0v) is 13.1. The van der Waals surface area contributed by atoms with Gasteiger partial charge in [-0.25, -0.2) is 0 Å². The predicted octanol–water partition coefficient (Wildman–Crippen LogP) is 3.89. The number of para-hydroxylation sites is 1. The molecule has 104 valence electrons. The molecule has 0 saturated carbocycles. The SMILES string of the molecule is COc1ccccc1CN/N=C\c1ccc(C)c(Br)c1. The molecule has 20 heavy (non-hydrogen) atoms. The summed E-state index contributed by atoms with van der Waals surface area (Å²) in [5.74, 6) is 0.869. The Morgan fingerprint density at radius 1 is 1.25 bits per heavy atom. The van der Waals surface area contributed by atoms with Crippen LogP contribution in [0.25, 0.3) is 0 Å². The van der Waals surface area contributed by atoms with E-state index in [9.17, 15) is 0 Å². The zero-order valence-electron chi connectivity index (χ0n) is 11.6. The molecule has 4 heteroatoms. The second-order valence-corrected chi connectivity index (χ2v) is 5.27. The van der Waals surface area contributed by atoms with Gasteiger partial charge in [0.1, 0.15) is 5.75 Å². The van der Waals surface area contributed by atoms with Crippen molar-refractivity contribution in [3.63, 3.8) is 0 Å². The topological polar surface area (TPSA) is 33.6 Å². The fourth-order valence-corrected chi connectivity index (χ4v) is 2.19. The monoisotopic (exact) mass is 332 g/mol. The lowest BCUT2D eigenvalue weighted by Crippen LogP contribution is -2.06. The van der Waals surface area contributed by atoms with Gasteiger partial charge in [-0.05, 0) is 30.2 Å². The van der Waals surface area contributed by atoms with Gasteiger partial charge in [0, 0.05) is 10.0 Å². The smallest absolute Gasteiger partial charge is 0.123 e. The van der Waals surface area contributed by atoms with Crippen molar-refractivity contribution in [2.24, 2.45) is 5.10 Å². The lowest BCUT2D eigenvalue weighted by Gasteiger charge is -2.07. The number of methoxy groups -OCH3 is 1. The standard InChI is InChI=1S/C16H17BrN2O/c1-12-7-8-13(9-15(12)17)10-18-19-11-14-5-3-4-6-16(14)20-2/h3-10,19H,11H2,1-2H3/b18-10-. The molecule has 0 heterocycles. The van der Waals surface area contributed by atoms with E-state index in [0.717, 1.165) is 21.3 Å². The summed E-state index contributed by atoms with van der Waals surface area (Å²) >= 11 is 3.51. The summed E-state index contributed by atoms with van der Waals surface area (Å²) in [5.41, 5.74) is 6.38. The summed E-state index contributed by atoms with van der Waals surface area (Å²) in [6.07, 6.45) is 1.81. The summed E-state index contributed by atoms with van der Waals surface area (Å²) < 4.78 is 6.38. The average molecular weight is 333 g/mol. The van der Waals surface area contributed by atoms with Crippen LogP contribution >= 0.6 is 15.9 Å². The molecule has 3 nitrogen and oxygen atoms in total. The summed E-state index contributed by atoms with van der Waals surface area (Å²) in [6.45, 7) is 2.69. The molecular formula is C16H17BrN2O. The number of hydrazone groups is 1. The fourth-order valence-electron chi connectivity index (χ4n) is 1.79. The first kappa shape index (κ1) is 14.6. The number of benzene rings is 2. The molecule has 1 N–H and O–H groups in total. The molecule has 2 aromatic rings. The van der Waals surface area contributed by atoms with Gasteiger partial charge in [-0.2, -0.15) is 5.10 Å². The molecule has 0 aromatic heterocycles. The van der Waals surface area contributed by atoms with E-state index in [-0.39, 0.29) is 0 Å². The van der Waals surface area contributed by atoms with Gasteiger partial charge in [0.05, 0.1) is 19.9 Å². The highest BCUT2D eigenvalue weighted by atomic mass is 79.9. The van der Waals surface area contributed by atoms with E-state index >= 15 is 0 Å². The Morgan fingerprint density at radius 3 is 2.80 bits per heavy atom. The molecule has 0 aliphatic rings. The Balaban J connectivity index is 1.95. The van der Waals surface area contributed by atoms with Gasteiger partial charge in [-0.1, -0.05) is 46.3 Å². The van der Waals surface area contributed by atoms with Crippen LogP contribution in [-0.4, -0.2) is 13.3 Å². The van der Waals surface area contributed by atoms with Gasteiger partial charge in [-0.15, -0.1) is 0 Å². The third kappa shape index (κ3) is 3.84. The van der Waals surface area contributed by atoms with Crippen LogP contribution in [0, 0.1) is 6.92 Å². The first-order valence-corrected chi connectivity index (χ1v) is 7.14. The van der Waals surface area contributed by atoms with Crippen LogP contribution in [0.1, 0.15) is 16.7 Å². The third-order valence-electron chi connectivity index (χ3n) is 2.96. The minimum atomic E-state index is 0.632. The van der Waals surface area contributed by atoms with Crippen LogP contribution in [0.5, 0.6) is 5.75 Å². The largest absolute Gasteiger partial charge is 0.496 e. The van der Waals surface area contributed by atoms with Crippen LogP contribution in [0.15, 0.2) is 52.0 Å². The van der Waals surface area contributed by atoms with Crippen LogP contribution < -0.4 is 10.2 Å². The molecular weight excluding hydrogens is 316 g/mol. The fraction of sp³-hybridized carbons (Fsp3) is 0.188. The number of rotatable bonds is 5. The molecule has 0 aliphatic carbocycles. The Morgan fingerprint density at radius 2 is 2.05 bits per heavy atom. The number of hydrogen-bond donors (Lipinski definition) is 1. The zero-order chi connectivity index (χ0) is 14.4. The van der Waals surface area contributed by atoms with Gasteiger partial charge >= 0.3 is 0 Å². The van der Waals surface area contributed by atoms with E-state index in [0.29, 0.717) is 6.54 Å². The predicted molar refractivity (Wildman–Crippen MR) is 86.3 cm³/mol. The molecule has 0 radical (unpaired) electrons. The molecule has 2 rings (SSSR count). The van der Waals surface area contributed by atoms with E-state index < -0.39 is 0 Å². The molecule has 0 atom stereocenters. The number of aryl methyl sites for hydroxylation is 1. The maximum Gasteiger partial charge on any atom is 0.123 e. The maximum atomic E-state index is 5.29. The molecule has 0 spiro atoms. The van der Waals surface area contributed by atoms with E-state index in [1.165, 1.54) is 5.56 Å². The number of ether oxygens (including phenoxy) is 1. The van der Waals surface area contributed by atoms with Crippen LogP contribution in [0.2, 0.25) is 0 Å². The molecule has 0 amide bonds. The summed E-state index contributed by atoms with van der Waals surface area (Å²) in [5, 5.41) is 4.23. The van der Waals surface area contributed by atoms with Gasteiger partial charge in [0.15, 0.2) is 0 Å². The number of nitrogens with zero attached hydrogens (tertiary/aromatic N) is 1. The van der Waals surface area contributed by atoms with Gasteiger partial charge < -0.3 is 10.2 Å². The average Bonchev–Trinajstić information content (AvgIpc) is 2.47. The second kappa shape index (κ2) is 7.10. The Bertz CT molecular complexity index is 611. The second-order valence-electron chi connectivity index (χ2n) is 4.41. The minimum Gasteiger partial charge on any atom is -0.496 e. The van der Waals surface area contributed by atoms with Crippen molar-refractivity contribution in [3.05, 3.63) is 63.6 Å². The highest BCUT2D eigenvalue weighted by Crippen LogP contribution is 2.17. The first-order chi connectivity index (χ1) is 9.70. The van der Waals surface area contributed by atoms with Crippen LogP contribution in [0.3, 0.4) is 0 Å². The normalized spacial score (nSPS) is 10.8. The number of nitrogens with one attached hydrogen (secondary N) is 1. The summed E-state index contributed by atoms with van der Waals surface area (Å²) in [7, 11) is 1.67. The molecule has 0 unspecified atom stereocenters. The molecule has 0 aliphatic heterocycles. The van der Waals surface area contributed by atoms with Crippen molar-refractivity contribution in [1.29, 1.82) is 0 Å². The number of halogens is 1. The minimum absolute atomic E-state index is 0.632. The van der Waals surface area contributed by atoms with Crippen molar-refractivity contribution >= 4 is 22.1 Å². The van der Waals surface area contributed by atoms with E-state index in [2.05, 4.69) is 39.4 Å². The highest BCUT2D eigenvalue weighted by Gasteiger charge is 1.99. The van der Waals surface area contributed by atoms with Crippen LogP contribution in [0.4, 0.5) is 0 Å². The Kier molecular flexibility index (Phi) is 5.18. The van der Waals surface area contributed by atoms with E-state index in [1.54, 1.807) is 13.3 Å². The Hall–Kier alpha value is -1.81. The molecule has 0 saturated heterocycles. The Labute approximate surface area is 127 Å². The van der Waals surface area contributed by atoms with Crippen LogP contribution in [-0.2, 0) is 6.54 Å². The molecule has 2 aromatic carbocycles. The van der Waals surface area contributed by atoms with Gasteiger partial charge in [0.25, 0.3) is 0 Å². The van der Waals surface area contributed by atoms with E-state index in [1.807, 2.05) is 36.4 Å². The molecule has 0 fully saturated rings. The first-order valence-electron chi connectivity index (χ1n) is 6.34. The van der Waals surface area contributed by atoms with Gasteiger partial charge in [-0.3, -0.25) is 0 Å². The lowest BCUT2D eigenvalue weighted by atomic mass is 10.2. The van der Waals surface area contributed by atoms with Crippen molar-refractivity contribution in [3.8, 4) is 5.75 Å². The van der Waals surface area contributed by atoms with Gasteiger partial charge in [0.2, 0.25) is 0 Å². The van der Waals surface area contributed by atoms with Crippen molar-refractivity contribution < 1.29 is 4.74 Å². The maximum absolute atomic E-state index is 5.29.